The average Bonchev–Trinajstić information content (AvgIpc) is 2.26. The molecule has 0 saturated heterocycles. The number of thioether (sulfide) groups is 1. The van der Waals surface area contributed by atoms with Crippen LogP contribution >= 0.6 is 11.8 Å². The van der Waals surface area contributed by atoms with Gasteiger partial charge < -0.3 is 0 Å². The summed E-state index contributed by atoms with van der Waals surface area (Å²) in [4.78, 5) is 0. The Kier molecular flexibility index (Phi) is 3.58. The Labute approximate surface area is 102 Å². The summed E-state index contributed by atoms with van der Waals surface area (Å²) in [7, 11) is 0. The topological polar surface area (TPSA) is 0 Å². The molecule has 88 valence electrons. The van der Waals surface area contributed by atoms with Gasteiger partial charge >= 0.3 is 0 Å². The first kappa shape index (κ1) is 12.0. The summed E-state index contributed by atoms with van der Waals surface area (Å²) in [5, 5.41) is 0. The van der Waals surface area contributed by atoms with Crippen molar-refractivity contribution in [2.75, 3.05) is 5.75 Å². The van der Waals surface area contributed by atoms with Crippen LogP contribution in [0.3, 0.4) is 0 Å². The van der Waals surface area contributed by atoms with Crippen LogP contribution in [0.5, 0.6) is 0 Å². The van der Waals surface area contributed by atoms with Crippen molar-refractivity contribution in [3.05, 3.63) is 35.1 Å². The maximum atomic E-state index is 13.2. The molecule has 1 unspecified atom stereocenters. The van der Waals surface area contributed by atoms with Crippen LogP contribution in [0.25, 0.3) is 0 Å². The maximum absolute atomic E-state index is 13.2. The van der Waals surface area contributed by atoms with E-state index in [0.717, 1.165) is 6.42 Å². The van der Waals surface area contributed by atoms with Gasteiger partial charge in [-0.05, 0) is 61.6 Å². The van der Waals surface area contributed by atoms with Gasteiger partial charge in [0.05, 0.1) is 0 Å². The minimum absolute atomic E-state index is 0.0940. The quantitative estimate of drug-likeness (QED) is 0.746. The number of rotatable bonds is 3. The van der Waals surface area contributed by atoms with Crippen LogP contribution in [0.15, 0.2) is 18.2 Å². The predicted molar refractivity (Wildman–Crippen MR) is 69.4 cm³/mol. The third-order valence-corrected chi connectivity index (χ3v) is 5.04. The summed E-state index contributed by atoms with van der Waals surface area (Å²) in [6.07, 6.45) is 4.64. The zero-order chi connectivity index (χ0) is 11.6. The molecule has 0 aliphatic heterocycles. The van der Waals surface area contributed by atoms with Crippen LogP contribution in [0.1, 0.15) is 44.2 Å². The second kappa shape index (κ2) is 4.79. The minimum Gasteiger partial charge on any atom is -0.207 e. The molecule has 1 aromatic carbocycles. The fourth-order valence-electron chi connectivity index (χ4n) is 2.51. The first-order valence-corrected chi connectivity index (χ1v) is 7.07. The summed E-state index contributed by atoms with van der Waals surface area (Å²) >= 11 is 2.03. The second-order valence-corrected chi connectivity index (χ2v) is 6.33. The fourth-order valence-corrected chi connectivity index (χ4v) is 3.81. The number of benzene rings is 1. The van der Waals surface area contributed by atoms with Crippen LogP contribution in [0.4, 0.5) is 4.39 Å². The van der Waals surface area contributed by atoms with Gasteiger partial charge in [0.25, 0.3) is 0 Å². The van der Waals surface area contributed by atoms with E-state index in [1.54, 1.807) is 12.1 Å². The van der Waals surface area contributed by atoms with E-state index in [-0.39, 0.29) is 10.6 Å². The third-order valence-electron chi connectivity index (χ3n) is 3.36. The highest BCUT2D eigenvalue weighted by atomic mass is 32.2. The smallest absolute Gasteiger partial charge is 0.123 e. The predicted octanol–water partition coefficient (Wildman–Crippen LogP) is 4.52. The van der Waals surface area contributed by atoms with E-state index in [9.17, 15) is 4.39 Å². The minimum atomic E-state index is -0.0940. The molecule has 0 N–H and O–H groups in total. The van der Waals surface area contributed by atoms with Gasteiger partial charge in [0, 0.05) is 4.75 Å². The van der Waals surface area contributed by atoms with Crippen LogP contribution in [-0.2, 0) is 11.2 Å². The Bertz CT molecular complexity index is 375. The van der Waals surface area contributed by atoms with Crippen molar-refractivity contribution >= 4 is 11.8 Å². The second-order valence-electron chi connectivity index (χ2n) is 4.73. The summed E-state index contributed by atoms with van der Waals surface area (Å²) in [6, 6.07) is 5.32. The lowest BCUT2D eigenvalue weighted by atomic mass is 9.83. The Morgan fingerprint density at radius 1 is 1.44 bits per heavy atom. The van der Waals surface area contributed by atoms with E-state index in [1.807, 2.05) is 17.8 Å². The molecule has 0 heterocycles. The molecule has 0 bridgehead atoms. The van der Waals surface area contributed by atoms with E-state index in [4.69, 9.17) is 0 Å². The average molecular weight is 238 g/mol. The summed E-state index contributed by atoms with van der Waals surface area (Å²) in [5.74, 6) is 1.09. The molecule has 0 nitrogen and oxygen atoms in total. The molecule has 1 aliphatic carbocycles. The molecule has 0 saturated carbocycles. The Morgan fingerprint density at radius 2 is 2.25 bits per heavy atom. The molecule has 0 fully saturated rings. The van der Waals surface area contributed by atoms with Crippen molar-refractivity contribution in [1.29, 1.82) is 0 Å². The zero-order valence-corrected chi connectivity index (χ0v) is 10.9. The highest BCUT2D eigenvalue weighted by molar-refractivity contribution is 8.00. The summed E-state index contributed by atoms with van der Waals surface area (Å²) in [6.45, 7) is 4.52. The first-order valence-electron chi connectivity index (χ1n) is 6.08. The normalized spacial score (nSPS) is 24.2. The molecule has 0 aromatic heterocycles. The number of hydrogen-bond donors (Lipinski definition) is 0. The molecular weight excluding hydrogens is 219 g/mol. The van der Waals surface area contributed by atoms with Crippen molar-refractivity contribution in [2.45, 2.75) is 44.3 Å². The number of fused-ring (bicyclic) bond motifs is 1. The lowest BCUT2D eigenvalue weighted by molar-refractivity contribution is 0.537. The lowest BCUT2D eigenvalue weighted by Crippen LogP contribution is -2.24. The van der Waals surface area contributed by atoms with Crippen LogP contribution in [-0.4, -0.2) is 5.75 Å². The monoisotopic (exact) mass is 238 g/mol. The van der Waals surface area contributed by atoms with Crippen molar-refractivity contribution in [3.8, 4) is 0 Å². The van der Waals surface area contributed by atoms with Crippen molar-refractivity contribution in [2.24, 2.45) is 0 Å². The highest BCUT2D eigenvalue weighted by Crippen LogP contribution is 2.45. The van der Waals surface area contributed by atoms with Gasteiger partial charge in [0.1, 0.15) is 5.82 Å². The molecule has 16 heavy (non-hydrogen) atoms. The SMILES string of the molecule is CCCSC1(C)CCCc2cc(F)ccc21. The van der Waals surface area contributed by atoms with Gasteiger partial charge in [-0.15, -0.1) is 0 Å². The molecular formula is C14H19FS. The lowest BCUT2D eigenvalue weighted by Gasteiger charge is -2.35. The van der Waals surface area contributed by atoms with Gasteiger partial charge in [-0.1, -0.05) is 13.0 Å². The van der Waals surface area contributed by atoms with Gasteiger partial charge in [0.15, 0.2) is 0 Å². The van der Waals surface area contributed by atoms with E-state index < -0.39 is 0 Å². The molecule has 1 atom stereocenters. The highest BCUT2D eigenvalue weighted by Gasteiger charge is 2.32. The van der Waals surface area contributed by atoms with Crippen LogP contribution in [0, 0.1) is 5.82 Å². The Morgan fingerprint density at radius 3 is 3.00 bits per heavy atom. The molecule has 2 rings (SSSR count). The van der Waals surface area contributed by atoms with Crippen LogP contribution < -0.4 is 0 Å². The van der Waals surface area contributed by atoms with Crippen molar-refractivity contribution < 1.29 is 4.39 Å². The van der Waals surface area contributed by atoms with Gasteiger partial charge in [-0.3, -0.25) is 0 Å². The summed E-state index contributed by atoms with van der Waals surface area (Å²) < 4.78 is 13.4. The molecule has 0 spiro atoms. The Balaban J connectivity index is 2.31. The Hall–Kier alpha value is -0.500. The molecule has 1 aromatic rings. The first-order chi connectivity index (χ1) is 7.65. The van der Waals surface area contributed by atoms with Crippen molar-refractivity contribution in [1.82, 2.24) is 0 Å². The van der Waals surface area contributed by atoms with E-state index in [2.05, 4.69) is 13.8 Å². The molecule has 1 aliphatic rings. The zero-order valence-electron chi connectivity index (χ0n) is 10.1. The van der Waals surface area contributed by atoms with Crippen LogP contribution in [0.2, 0.25) is 0 Å². The standard InChI is InChI=1S/C14H19FS/c1-3-9-16-14(2)8-4-5-11-10-12(15)6-7-13(11)14/h6-7,10H,3-5,8-9H2,1-2H3. The third kappa shape index (κ3) is 2.27. The van der Waals surface area contributed by atoms with Gasteiger partial charge in [-0.25, -0.2) is 4.39 Å². The van der Waals surface area contributed by atoms with E-state index >= 15 is 0 Å². The number of halogens is 1. The molecule has 2 heteroatoms. The fraction of sp³-hybridized carbons (Fsp3) is 0.571. The molecule has 0 radical (unpaired) electrons. The largest absolute Gasteiger partial charge is 0.207 e. The van der Waals surface area contributed by atoms with Crippen molar-refractivity contribution in [3.63, 3.8) is 0 Å². The molecule has 0 amide bonds. The maximum Gasteiger partial charge on any atom is 0.123 e. The van der Waals surface area contributed by atoms with Gasteiger partial charge in [-0.2, -0.15) is 11.8 Å². The summed E-state index contributed by atoms with van der Waals surface area (Å²) in [5.41, 5.74) is 2.58. The number of aryl methyl sites for hydroxylation is 1. The van der Waals surface area contributed by atoms with E-state index in [0.29, 0.717) is 0 Å². The van der Waals surface area contributed by atoms with E-state index in [1.165, 1.54) is 36.1 Å². The number of hydrogen-bond acceptors (Lipinski definition) is 1. The van der Waals surface area contributed by atoms with Gasteiger partial charge in [0.2, 0.25) is 0 Å².